The van der Waals surface area contributed by atoms with Gasteiger partial charge in [-0.15, -0.1) is 0 Å². The number of rotatable bonds is 7. The normalized spacial score (nSPS) is 10.4. The summed E-state index contributed by atoms with van der Waals surface area (Å²) in [4.78, 5) is 34.2. The van der Waals surface area contributed by atoms with Crippen LogP contribution in [0.2, 0.25) is 0 Å². The van der Waals surface area contributed by atoms with E-state index in [4.69, 9.17) is 4.74 Å². The Hall–Kier alpha value is -3.00. The highest BCUT2D eigenvalue weighted by atomic mass is 16.5. The maximum Gasteiger partial charge on any atom is 0.339 e. The number of carbonyl (C=O) groups is 2. The molecule has 0 aliphatic heterocycles. The van der Waals surface area contributed by atoms with Crippen LogP contribution < -0.4 is 10.6 Å². The van der Waals surface area contributed by atoms with Gasteiger partial charge in [0.05, 0.1) is 18.4 Å². The molecular formula is C17H21N5O3. The highest BCUT2D eigenvalue weighted by molar-refractivity contribution is 5.96. The van der Waals surface area contributed by atoms with Gasteiger partial charge in [0.1, 0.15) is 5.69 Å². The number of aromatic nitrogens is 2. The van der Waals surface area contributed by atoms with Gasteiger partial charge in [-0.1, -0.05) is 12.1 Å². The molecule has 0 aliphatic rings. The van der Waals surface area contributed by atoms with Gasteiger partial charge >= 0.3 is 5.97 Å². The lowest BCUT2D eigenvalue weighted by Gasteiger charge is -2.11. The first-order valence-electron chi connectivity index (χ1n) is 7.71. The summed E-state index contributed by atoms with van der Waals surface area (Å²) in [7, 11) is 5.17. The summed E-state index contributed by atoms with van der Waals surface area (Å²) < 4.78 is 4.75. The number of nitrogens with one attached hydrogen (secondary N) is 2. The molecule has 0 atom stereocenters. The van der Waals surface area contributed by atoms with Crippen LogP contribution in [0.25, 0.3) is 0 Å². The minimum absolute atomic E-state index is 0.219. The highest BCUT2D eigenvalue weighted by Gasteiger charge is 2.13. The molecule has 0 fully saturated rings. The van der Waals surface area contributed by atoms with E-state index in [1.165, 1.54) is 19.4 Å². The van der Waals surface area contributed by atoms with Crippen LogP contribution in [0.3, 0.4) is 0 Å². The van der Waals surface area contributed by atoms with E-state index in [-0.39, 0.29) is 17.5 Å². The maximum atomic E-state index is 12.1. The fourth-order valence-corrected chi connectivity index (χ4v) is 2.03. The van der Waals surface area contributed by atoms with E-state index in [1.807, 2.05) is 19.0 Å². The molecule has 0 saturated carbocycles. The van der Waals surface area contributed by atoms with Crippen LogP contribution in [-0.4, -0.2) is 61.0 Å². The quantitative estimate of drug-likeness (QED) is 0.731. The second-order valence-electron chi connectivity index (χ2n) is 5.49. The van der Waals surface area contributed by atoms with E-state index in [9.17, 15) is 9.59 Å². The topological polar surface area (TPSA) is 96.4 Å². The molecule has 1 heterocycles. The number of methoxy groups -OCH3 is 1. The molecule has 0 saturated heterocycles. The Morgan fingerprint density at radius 1 is 1.20 bits per heavy atom. The molecule has 1 aromatic carbocycles. The molecule has 8 heteroatoms. The molecule has 0 unspecified atom stereocenters. The summed E-state index contributed by atoms with van der Waals surface area (Å²) in [6, 6.07) is 8.37. The lowest BCUT2D eigenvalue weighted by molar-refractivity contribution is 0.0601. The Labute approximate surface area is 146 Å². The second-order valence-corrected chi connectivity index (χ2v) is 5.49. The maximum absolute atomic E-state index is 12.1. The van der Waals surface area contributed by atoms with Crippen LogP contribution in [0, 0.1) is 0 Å². The number of benzene rings is 1. The standard InChI is InChI=1S/C17H21N5O3/c1-22(2)11-10-18-15(23)14-8-9-19-17(21-14)20-13-7-5-4-6-12(13)16(24)25-3/h4-9H,10-11H2,1-3H3,(H,18,23)(H,19,20,21). The van der Waals surface area contributed by atoms with Gasteiger partial charge in [-0.25, -0.2) is 14.8 Å². The zero-order chi connectivity index (χ0) is 18.2. The first-order valence-corrected chi connectivity index (χ1v) is 7.71. The number of carbonyl (C=O) groups excluding carboxylic acids is 2. The summed E-state index contributed by atoms with van der Waals surface area (Å²) in [5.41, 5.74) is 1.10. The summed E-state index contributed by atoms with van der Waals surface area (Å²) in [5.74, 6) is -0.536. The number of para-hydroxylation sites is 1. The number of esters is 1. The lowest BCUT2D eigenvalue weighted by Crippen LogP contribution is -2.31. The van der Waals surface area contributed by atoms with Crippen molar-refractivity contribution in [2.75, 3.05) is 39.6 Å². The first-order chi connectivity index (χ1) is 12.0. The summed E-state index contributed by atoms with van der Waals surface area (Å²) in [6.07, 6.45) is 1.48. The minimum Gasteiger partial charge on any atom is -0.465 e. The molecule has 0 aliphatic carbocycles. The van der Waals surface area contributed by atoms with Crippen LogP contribution in [0.1, 0.15) is 20.8 Å². The molecule has 0 spiro atoms. The van der Waals surface area contributed by atoms with Crippen LogP contribution >= 0.6 is 0 Å². The van der Waals surface area contributed by atoms with Crippen LogP contribution in [0.15, 0.2) is 36.5 Å². The Balaban J connectivity index is 2.12. The number of nitrogens with zero attached hydrogens (tertiary/aromatic N) is 3. The Kier molecular flexibility index (Phi) is 6.41. The molecule has 132 valence electrons. The highest BCUT2D eigenvalue weighted by Crippen LogP contribution is 2.19. The average Bonchev–Trinajstić information content (AvgIpc) is 2.61. The Morgan fingerprint density at radius 2 is 1.96 bits per heavy atom. The van der Waals surface area contributed by atoms with Crippen molar-refractivity contribution in [2.45, 2.75) is 0 Å². The Bertz CT molecular complexity index is 749. The summed E-state index contributed by atoms with van der Waals surface area (Å²) >= 11 is 0. The zero-order valence-corrected chi connectivity index (χ0v) is 14.4. The van der Waals surface area contributed by atoms with Gasteiger partial charge in [0.15, 0.2) is 0 Å². The van der Waals surface area contributed by atoms with E-state index in [0.29, 0.717) is 17.8 Å². The van der Waals surface area contributed by atoms with Crippen molar-refractivity contribution in [3.8, 4) is 0 Å². The predicted octanol–water partition coefficient (Wildman–Crippen LogP) is 1.30. The third-order valence-electron chi connectivity index (χ3n) is 3.31. The molecule has 2 aromatic rings. The number of likely N-dealkylation sites (N-methyl/N-ethyl adjacent to an activating group) is 1. The number of amides is 1. The van der Waals surface area contributed by atoms with Crippen molar-refractivity contribution in [3.05, 3.63) is 47.8 Å². The molecule has 0 bridgehead atoms. The van der Waals surface area contributed by atoms with Gasteiger partial charge in [-0.3, -0.25) is 4.79 Å². The Morgan fingerprint density at radius 3 is 2.68 bits per heavy atom. The molecule has 2 rings (SSSR count). The molecule has 1 amide bonds. The monoisotopic (exact) mass is 343 g/mol. The predicted molar refractivity (Wildman–Crippen MR) is 94.0 cm³/mol. The number of ether oxygens (including phenoxy) is 1. The molecule has 8 nitrogen and oxygen atoms in total. The van der Waals surface area contributed by atoms with E-state index in [0.717, 1.165) is 6.54 Å². The van der Waals surface area contributed by atoms with Crippen molar-refractivity contribution >= 4 is 23.5 Å². The number of anilines is 2. The summed E-state index contributed by atoms with van der Waals surface area (Å²) in [5, 5.41) is 5.73. The minimum atomic E-state index is -0.472. The van der Waals surface area contributed by atoms with Gasteiger partial charge in [-0.05, 0) is 32.3 Å². The second kappa shape index (κ2) is 8.74. The van der Waals surface area contributed by atoms with E-state index in [2.05, 4.69) is 20.6 Å². The summed E-state index contributed by atoms with van der Waals surface area (Å²) in [6.45, 7) is 1.25. The van der Waals surface area contributed by atoms with Gasteiger partial charge < -0.3 is 20.3 Å². The SMILES string of the molecule is COC(=O)c1ccccc1Nc1nccc(C(=O)NCCN(C)C)n1. The van der Waals surface area contributed by atoms with Crippen molar-refractivity contribution in [1.82, 2.24) is 20.2 Å². The lowest BCUT2D eigenvalue weighted by atomic mass is 10.2. The van der Waals surface area contributed by atoms with Gasteiger partial charge in [-0.2, -0.15) is 0 Å². The van der Waals surface area contributed by atoms with E-state index >= 15 is 0 Å². The third-order valence-corrected chi connectivity index (χ3v) is 3.31. The smallest absolute Gasteiger partial charge is 0.339 e. The third kappa shape index (κ3) is 5.25. The van der Waals surface area contributed by atoms with Crippen LogP contribution in [0.4, 0.5) is 11.6 Å². The van der Waals surface area contributed by atoms with Crippen LogP contribution in [0.5, 0.6) is 0 Å². The number of hydrogen-bond acceptors (Lipinski definition) is 7. The van der Waals surface area contributed by atoms with Crippen molar-refractivity contribution < 1.29 is 14.3 Å². The van der Waals surface area contributed by atoms with E-state index < -0.39 is 5.97 Å². The number of hydrogen-bond donors (Lipinski definition) is 2. The fraction of sp³-hybridized carbons (Fsp3) is 0.294. The molecular weight excluding hydrogens is 322 g/mol. The van der Waals surface area contributed by atoms with Gasteiger partial charge in [0.2, 0.25) is 5.95 Å². The first kappa shape index (κ1) is 18.3. The molecule has 0 radical (unpaired) electrons. The van der Waals surface area contributed by atoms with E-state index in [1.54, 1.807) is 24.3 Å². The zero-order valence-electron chi connectivity index (χ0n) is 14.4. The largest absolute Gasteiger partial charge is 0.465 e. The molecule has 1 aromatic heterocycles. The van der Waals surface area contributed by atoms with Gasteiger partial charge in [0, 0.05) is 19.3 Å². The molecule has 25 heavy (non-hydrogen) atoms. The van der Waals surface area contributed by atoms with Crippen molar-refractivity contribution in [3.63, 3.8) is 0 Å². The van der Waals surface area contributed by atoms with Crippen molar-refractivity contribution in [2.24, 2.45) is 0 Å². The fourth-order valence-electron chi connectivity index (χ4n) is 2.03. The molecule has 2 N–H and O–H groups in total. The van der Waals surface area contributed by atoms with Crippen molar-refractivity contribution in [1.29, 1.82) is 0 Å². The van der Waals surface area contributed by atoms with Crippen LogP contribution in [-0.2, 0) is 4.74 Å². The average molecular weight is 343 g/mol. The van der Waals surface area contributed by atoms with Gasteiger partial charge in [0.25, 0.3) is 5.91 Å².